The van der Waals surface area contributed by atoms with Crippen LogP contribution >= 0.6 is 0 Å². The molecule has 3 heteroatoms. The van der Waals surface area contributed by atoms with E-state index in [1.807, 2.05) is 14.0 Å². The third kappa shape index (κ3) is 4.88. The minimum Gasteiger partial charge on any atom is -0.368 e. The van der Waals surface area contributed by atoms with E-state index in [-0.39, 0.29) is 11.9 Å². The molecule has 0 aliphatic heterocycles. The number of rotatable bonds is 7. The number of primary amides is 1. The first kappa shape index (κ1) is 12.4. The number of amides is 1. The number of nitrogens with zero attached hydrogens (tertiary/aromatic N) is 1. The van der Waals surface area contributed by atoms with Crippen molar-refractivity contribution >= 4 is 5.91 Å². The fourth-order valence-corrected chi connectivity index (χ4v) is 1.50. The standard InChI is InChI=1S/C10H22N2O/c1-4-6-7-8-12(3)9(5-2)10(11)13/h9H,4-8H2,1-3H3,(H2,11,13). The number of unbranched alkanes of at least 4 members (excludes halogenated alkanes) is 2. The van der Waals surface area contributed by atoms with E-state index in [4.69, 9.17) is 5.73 Å². The summed E-state index contributed by atoms with van der Waals surface area (Å²) in [5.74, 6) is -0.207. The molecule has 0 radical (unpaired) electrons. The Morgan fingerprint density at radius 1 is 1.38 bits per heavy atom. The van der Waals surface area contributed by atoms with Crippen molar-refractivity contribution in [1.82, 2.24) is 4.90 Å². The van der Waals surface area contributed by atoms with Gasteiger partial charge in [-0.1, -0.05) is 26.7 Å². The van der Waals surface area contributed by atoms with Crippen molar-refractivity contribution in [2.75, 3.05) is 13.6 Å². The number of nitrogens with two attached hydrogens (primary N) is 1. The predicted molar refractivity (Wildman–Crippen MR) is 55.4 cm³/mol. The summed E-state index contributed by atoms with van der Waals surface area (Å²) in [7, 11) is 1.97. The Morgan fingerprint density at radius 2 is 2.00 bits per heavy atom. The van der Waals surface area contributed by atoms with Crippen LogP contribution in [-0.4, -0.2) is 30.4 Å². The highest BCUT2D eigenvalue weighted by Crippen LogP contribution is 2.03. The predicted octanol–water partition coefficient (Wildman–Crippen LogP) is 1.37. The number of hydrogen-bond acceptors (Lipinski definition) is 2. The maximum Gasteiger partial charge on any atom is 0.234 e. The van der Waals surface area contributed by atoms with Crippen molar-refractivity contribution in [3.63, 3.8) is 0 Å². The Balaban J connectivity index is 3.77. The number of likely N-dealkylation sites (N-methyl/N-ethyl adjacent to an activating group) is 1. The fourth-order valence-electron chi connectivity index (χ4n) is 1.50. The Labute approximate surface area is 81.3 Å². The summed E-state index contributed by atoms with van der Waals surface area (Å²) in [5.41, 5.74) is 5.27. The topological polar surface area (TPSA) is 46.3 Å². The normalized spacial score (nSPS) is 13.2. The molecule has 0 aromatic carbocycles. The largest absolute Gasteiger partial charge is 0.368 e. The number of carbonyl (C=O) groups excluding carboxylic acids is 1. The van der Waals surface area contributed by atoms with E-state index < -0.39 is 0 Å². The van der Waals surface area contributed by atoms with E-state index >= 15 is 0 Å². The molecule has 1 atom stereocenters. The van der Waals surface area contributed by atoms with Crippen LogP contribution in [0, 0.1) is 0 Å². The molecule has 0 heterocycles. The molecule has 0 aromatic rings. The number of carbonyl (C=O) groups is 1. The molecule has 0 saturated carbocycles. The fraction of sp³-hybridized carbons (Fsp3) is 0.900. The van der Waals surface area contributed by atoms with Crippen molar-refractivity contribution in [3.8, 4) is 0 Å². The zero-order chi connectivity index (χ0) is 10.3. The maximum absolute atomic E-state index is 11.0. The molecule has 0 saturated heterocycles. The Bertz CT molecular complexity index is 148. The van der Waals surface area contributed by atoms with Gasteiger partial charge in [0.15, 0.2) is 0 Å². The highest BCUT2D eigenvalue weighted by molar-refractivity contribution is 5.79. The Kier molecular flexibility index (Phi) is 6.59. The molecule has 1 unspecified atom stereocenters. The summed E-state index contributed by atoms with van der Waals surface area (Å²) in [6, 6.07) is -0.0862. The molecule has 0 aliphatic carbocycles. The van der Waals surface area contributed by atoms with Gasteiger partial charge in [-0.25, -0.2) is 0 Å². The van der Waals surface area contributed by atoms with Crippen molar-refractivity contribution in [3.05, 3.63) is 0 Å². The molecular formula is C10H22N2O. The van der Waals surface area contributed by atoms with Gasteiger partial charge in [0, 0.05) is 0 Å². The summed E-state index contributed by atoms with van der Waals surface area (Å²) in [4.78, 5) is 13.0. The zero-order valence-corrected chi connectivity index (χ0v) is 9.05. The van der Waals surface area contributed by atoms with Crippen LogP contribution in [0.25, 0.3) is 0 Å². The van der Waals surface area contributed by atoms with E-state index in [2.05, 4.69) is 11.8 Å². The van der Waals surface area contributed by atoms with Crippen LogP contribution in [0.4, 0.5) is 0 Å². The van der Waals surface area contributed by atoms with Gasteiger partial charge in [0.2, 0.25) is 5.91 Å². The van der Waals surface area contributed by atoms with E-state index in [9.17, 15) is 4.79 Å². The molecule has 0 rings (SSSR count). The van der Waals surface area contributed by atoms with Gasteiger partial charge in [-0.3, -0.25) is 9.69 Å². The molecule has 78 valence electrons. The quantitative estimate of drug-likeness (QED) is 0.610. The van der Waals surface area contributed by atoms with Crippen LogP contribution in [0.1, 0.15) is 39.5 Å². The lowest BCUT2D eigenvalue weighted by molar-refractivity contribution is -0.122. The van der Waals surface area contributed by atoms with Gasteiger partial charge < -0.3 is 5.73 Å². The van der Waals surface area contributed by atoms with Crippen molar-refractivity contribution < 1.29 is 4.79 Å². The average molecular weight is 186 g/mol. The van der Waals surface area contributed by atoms with Gasteiger partial charge in [-0.2, -0.15) is 0 Å². The molecule has 0 fully saturated rings. The summed E-state index contributed by atoms with van der Waals surface area (Å²) in [5, 5.41) is 0. The molecule has 0 aliphatic rings. The van der Waals surface area contributed by atoms with Crippen molar-refractivity contribution in [1.29, 1.82) is 0 Å². The maximum atomic E-state index is 11.0. The molecule has 2 N–H and O–H groups in total. The van der Waals surface area contributed by atoms with Crippen LogP contribution in [0.3, 0.4) is 0 Å². The highest BCUT2D eigenvalue weighted by Gasteiger charge is 2.17. The minimum atomic E-state index is -0.207. The summed E-state index contributed by atoms with van der Waals surface area (Å²) >= 11 is 0. The molecule has 0 aromatic heterocycles. The van der Waals surface area contributed by atoms with Gasteiger partial charge in [-0.05, 0) is 26.4 Å². The van der Waals surface area contributed by atoms with E-state index in [0.29, 0.717) is 0 Å². The highest BCUT2D eigenvalue weighted by atomic mass is 16.1. The summed E-state index contributed by atoms with van der Waals surface area (Å²) in [6.45, 7) is 5.13. The first-order valence-corrected chi connectivity index (χ1v) is 5.13. The lowest BCUT2D eigenvalue weighted by Gasteiger charge is -2.23. The third-order valence-electron chi connectivity index (χ3n) is 2.36. The lowest BCUT2D eigenvalue weighted by Crippen LogP contribution is -2.42. The zero-order valence-electron chi connectivity index (χ0n) is 9.05. The number of hydrogen-bond donors (Lipinski definition) is 1. The summed E-state index contributed by atoms with van der Waals surface area (Å²) in [6.07, 6.45) is 4.38. The second-order valence-electron chi connectivity index (χ2n) is 3.51. The monoisotopic (exact) mass is 186 g/mol. The second-order valence-corrected chi connectivity index (χ2v) is 3.51. The summed E-state index contributed by atoms with van der Waals surface area (Å²) < 4.78 is 0. The van der Waals surface area contributed by atoms with Crippen LogP contribution < -0.4 is 5.73 Å². The van der Waals surface area contributed by atoms with Gasteiger partial charge in [-0.15, -0.1) is 0 Å². The molecule has 0 spiro atoms. The SMILES string of the molecule is CCCCCN(C)C(CC)C(N)=O. The van der Waals surface area contributed by atoms with Gasteiger partial charge in [0.1, 0.15) is 0 Å². The van der Waals surface area contributed by atoms with Crippen molar-refractivity contribution in [2.24, 2.45) is 5.73 Å². The molecular weight excluding hydrogens is 164 g/mol. The van der Waals surface area contributed by atoms with E-state index in [1.54, 1.807) is 0 Å². The molecule has 0 bridgehead atoms. The van der Waals surface area contributed by atoms with Gasteiger partial charge in [0.25, 0.3) is 0 Å². The van der Waals surface area contributed by atoms with Crippen LogP contribution in [-0.2, 0) is 4.79 Å². The lowest BCUT2D eigenvalue weighted by atomic mass is 10.1. The third-order valence-corrected chi connectivity index (χ3v) is 2.36. The first-order chi connectivity index (χ1) is 6.13. The average Bonchev–Trinajstić information content (AvgIpc) is 2.05. The van der Waals surface area contributed by atoms with E-state index in [0.717, 1.165) is 19.4 Å². The van der Waals surface area contributed by atoms with Crippen LogP contribution in [0.5, 0.6) is 0 Å². The van der Waals surface area contributed by atoms with Gasteiger partial charge in [0.05, 0.1) is 6.04 Å². The van der Waals surface area contributed by atoms with E-state index in [1.165, 1.54) is 12.8 Å². The smallest absolute Gasteiger partial charge is 0.234 e. The first-order valence-electron chi connectivity index (χ1n) is 5.13. The second kappa shape index (κ2) is 6.89. The molecule has 1 amide bonds. The molecule has 3 nitrogen and oxygen atoms in total. The van der Waals surface area contributed by atoms with Gasteiger partial charge >= 0.3 is 0 Å². The Hall–Kier alpha value is -0.570. The molecule has 13 heavy (non-hydrogen) atoms. The minimum absolute atomic E-state index is 0.0862. The van der Waals surface area contributed by atoms with Crippen LogP contribution in [0.2, 0.25) is 0 Å². The Morgan fingerprint density at radius 3 is 2.38 bits per heavy atom. The van der Waals surface area contributed by atoms with Crippen LogP contribution in [0.15, 0.2) is 0 Å². The van der Waals surface area contributed by atoms with Crippen molar-refractivity contribution in [2.45, 2.75) is 45.6 Å².